The number of hydrogen-bond donors (Lipinski definition) is 2. The molecular formula is C7H9F3O4. The number of carbonyl (C=O) groups is 2. The third kappa shape index (κ3) is 3.63. The van der Waals surface area contributed by atoms with E-state index in [1.807, 2.05) is 0 Å². The van der Waals surface area contributed by atoms with Gasteiger partial charge >= 0.3 is 18.1 Å². The molecule has 0 fully saturated rings. The quantitative estimate of drug-likeness (QED) is 0.740. The lowest BCUT2D eigenvalue weighted by Gasteiger charge is -2.20. The highest BCUT2D eigenvalue weighted by Gasteiger charge is 2.44. The van der Waals surface area contributed by atoms with Gasteiger partial charge in [0, 0.05) is 0 Å². The number of hydrogen-bond acceptors (Lipinski definition) is 2. The summed E-state index contributed by atoms with van der Waals surface area (Å²) in [4.78, 5) is 20.5. The second kappa shape index (κ2) is 4.30. The summed E-state index contributed by atoms with van der Waals surface area (Å²) in [6.07, 6.45) is -5.73. The molecule has 0 rings (SSSR count). The molecule has 0 aliphatic heterocycles. The lowest BCUT2D eigenvalue weighted by Crippen LogP contribution is -2.34. The molecule has 0 bridgehead atoms. The Bertz CT molecular complexity index is 236. The molecule has 0 aromatic heterocycles. The van der Waals surface area contributed by atoms with Crippen LogP contribution in [0.3, 0.4) is 0 Å². The van der Waals surface area contributed by atoms with Gasteiger partial charge in [-0.05, 0) is 0 Å². The lowest BCUT2D eigenvalue weighted by atomic mass is 9.90. The van der Waals surface area contributed by atoms with Crippen LogP contribution in [-0.4, -0.2) is 28.3 Å². The topological polar surface area (TPSA) is 74.6 Å². The first-order valence-electron chi connectivity index (χ1n) is 3.67. The first-order chi connectivity index (χ1) is 6.16. The van der Waals surface area contributed by atoms with E-state index in [0.717, 1.165) is 0 Å². The summed E-state index contributed by atoms with van der Waals surface area (Å²) >= 11 is 0. The molecule has 0 aliphatic rings. The second-order valence-corrected chi connectivity index (χ2v) is 2.87. The van der Waals surface area contributed by atoms with Crippen LogP contribution in [0.1, 0.15) is 13.3 Å². The normalized spacial score (nSPS) is 16.0. The maximum absolute atomic E-state index is 12.1. The van der Waals surface area contributed by atoms with Crippen LogP contribution in [0.5, 0.6) is 0 Å². The first kappa shape index (κ1) is 12.7. The van der Waals surface area contributed by atoms with Gasteiger partial charge in [0.05, 0.1) is 18.3 Å². The Kier molecular flexibility index (Phi) is 3.91. The van der Waals surface area contributed by atoms with Crippen molar-refractivity contribution >= 4 is 11.9 Å². The molecule has 0 saturated heterocycles. The van der Waals surface area contributed by atoms with Gasteiger partial charge in [-0.1, -0.05) is 6.92 Å². The van der Waals surface area contributed by atoms with Crippen molar-refractivity contribution in [3.05, 3.63) is 0 Å². The van der Waals surface area contributed by atoms with Crippen molar-refractivity contribution in [2.24, 2.45) is 11.8 Å². The van der Waals surface area contributed by atoms with Crippen molar-refractivity contribution in [1.29, 1.82) is 0 Å². The van der Waals surface area contributed by atoms with Gasteiger partial charge in [0.25, 0.3) is 0 Å². The molecule has 2 N–H and O–H groups in total. The Hall–Kier alpha value is -1.27. The van der Waals surface area contributed by atoms with Crippen LogP contribution in [0, 0.1) is 11.8 Å². The van der Waals surface area contributed by atoms with Crippen LogP contribution < -0.4 is 0 Å². The van der Waals surface area contributed by atoms with Gasteiger partial charge in [0.1, 0.15) is 0 Å². The van der Waals surface area contributed by atoms with Crippen LogP contribution in [0.4, 0.5) is 13.2 Å². The molecule has 14 heavy (non-hydrogen) atoms. The van der Waals surface area contributed by atoms with E-state index < -0.39 is 36.4 Å². The zero-order valence-corrected chi connectivity index (χ0v) is 7.21. The summed E-state index contributed by atoms with van der Waals surface area (Å²) in [6.45, 7) is 0.654. The number of carboxylic acid groups (broad SMARTS) is 2. The number of rotatable bonds is 4. The largest absolute Gasteiger partial charge is 0.481 e. The van der Waals surface area contributed by atoms with Gasteiger partial charge in [-0.3, -0.25) is 9.59 Å². The molecule has 4 nitrogen and oxygen atoms in total. The van der Waals surface area contributed by atoms with E-state index in [-0.39, 0.29) is 0 Å². The Morgan fingerprint density at radius 2 is 1.71 bits per heavy atom. The van der Waals surface area contributed by atoms with E-state index in [0.29, 0.717) is 6.92 Å². The zero-order chi connectivity index (χ0) is 11.5. The fourth-order valence-corrected chi connectivity index (χ4v) is 0.894. The molecule has 0 aliphatic carbocycles. The van der Waals surface area contributed by atoms with Gasteiger partial charge in [-0.25, -0.2) is 0 Å². The summed E-state index contributed by atoms with van der Waals surface area (Å²) in [5.41, 5.74) is 0. The average Bonchev–Trinajstić information content (AvgIpc) is 1.96. The SMILES string of the molecule is CC(C(CC(=O)O)C(=O)O)C(F)(F)F. The van der Waals surface area contributed by atoms with E-state index in [2.05, 4.69) is 0 Å². The third-order valence-corrected chi connectivity index (χ3v) is 1.83. The van der Waals surface area contributed by atoms with Crippen LogP contribution in [0.15, 0.2) is 0 Å². The molecule has 2 unspecified atom stereocenters. The van der Waals surface area contributed by atoms with E-state index in [9.17, 15) is 22.8 Å². The molecule has 2 atom stereocenters. The van der Waals surface area contributed by atoms with Crippen molar-refractivity contribution in [2.45, 2.75) is 19.5 Å². The van der Waals surface area contributed by atoms with Crippen molar-refractivity contribution in [3.63, 3.8) is 0 Å². The molecule has 0 heterocycles. The zero-order valence-electron chi connectivity index (χ0n) is 7.21. The first-order valence-corrected chi connectivity index (χ1v) is 3.67. The molecule has 0 spiro atoms. The number of halogens is 3. The highest BCUT2D eigenvalue weighted by molar-refractivity contribution is 5.78. The van der Waals surface area contributed by atoms with Crippen molar-refractivity contribution in [2.75, 3.05) is 0 Å². The molecule has 7 heteroatoms. The Morgan fingerprint density at radius 3 is 1.93 bits per heavy atom. The minimum Gasteiger partial charge on any atom is -0.481 e. The standard InChI is InChI=1S/C7H9F3O4/c1-3(7(8,9)10)4(6(13)14)2-5(11)12/h3-4H,2H2,1H3,(H,11,12)(H,13,14). The van der Waals surface area contributed by atoms with E-state index in [1.54, 1.807) is 0 Å². The number of carboxylic acids is 2. The third-order valence-electron chi connectivity index (χ3n) is 1.83. The maximum Gasteiger partial charge on any atom is 0.392 e. The molecule has 0 aromatic rings. The molecular weight excluding hydrogens is 205 g/mol. The van der Waals surface area contributed by atoms with Gasteiger partial charge in [-0.2, -0.15) is 13.2 Å². The summed E-state index contributed by atoms with van der Waals surface area (Å²) in [5.74, 6) is -7.42. The predicted molar refractivity (Wildman–Crippen MR) is 38.6 cm³/mol. The summed E-state index contributed by atoms with van der Waals surface area (Å²) in [6, 6.07) is 0. The maximum atomic E-state index is 12.1. The Labute approximate surface area is 77.3 Å². The molecule has 0 aromatic carbocycles. The van der Waals surface area contributed by atoms with E-state index in [1.165, 1.54) is 0 Å². The minimum atomic E-state index is -4.70. The van der Waals surface area contributed by atoms with Gasteiger partial charge in [0.15, 0.2) is 0 Å². The number of aliphatic carboxylic acids is 2. The van der Waals surface area contributed by atoms with E-state index in [4.69, 9.17) is 10.2 Å². The molecule has 0 saturated carbocycles. The molecule has 82 valence electrons. The van der Waals surface area contributed by atoms with Crippen LogP contribution in [0.2, 0.25) is 0 Å². The lowest BCUT2D eigenvalue weighted by molar-refractivity contribution is -0.193. The molecule has 0 radical (unpaired) electrons. The van der Waals surface area contributed by atoms with Gasteiger partial charge < -0.3 is 10.2 Å². The van der Waals surface area contributed by atoms with Crippen LogP contribution >= 0.6 is 0 Å². The van der Waals surface area contributed by atoms with Crippen molar-refractivity contribution < 1.29 is 33.0 Å². The van der Waals surface area contributed by atoms with Crippen molar-refractivity contribution in [1.82, 2.24) is 0 Å². The average molecular weight is 214 g/mol. The predicted octanol–water partition coefficient (Wildman–Crippen LogP) is 1.36. The van der Waals surface area contributed by atoms with E-state index >= 15 is 0 Å². The van der Waals surface area contributed by atoms with Gasteiger partial charge in [-0.15, -0.1) is 0 Å². The fourth-order valence-electron chi connectivity index (χ4n) is 0.894. The van der Waals surface area contributed by atoms with Gasteiger partial charge in [0.2, 0.25) is 0 Å². The smallest absolute Gasteiger partial charge is 0.392 e. The Morgan fingerprint density at radius 1 is 1.29 bits per heavy atom. The van der Waals surface area contributed by atoms with Crippen LogP contribution in [0.25, 0.3) is 0 Å². The summed E-state index contributed by atoms with van der Waals surface area (Å²) in [5, 5.41) is 16.6. The number of alkyl halides is 3. The summed E-state index contributed by atoms with van der Waals surface area (Å²) < 4.78 is 36.2. The highest BCUT2D eigenvalue weighted by Crippen LogP contribution is 2.33. The monoisotopic (exact) mass is 214 g/mol. The van der Waals surface area contributed by atoms with Crippen molar-refractivity contribution in [3.8, 4) is 0 Å². The fraction of sp³-hybridized carbons (Fsp3) is 0.714. The minimum absolute atomic E-state index is 0.654. The molecule has 0 amide bonds. The van der Waals surface area contributed by atoms with Crippen LogP contribution in [-0.2, 0) is 9.59 Å². The second-order valence-electron chi connectivity index (χ2n) is 2.87. The highest BCUT2D eigenvalue weighted by atomic mass is 19.4. The Balaban J connectivity index is 4.66. The summed E-state index contributed by atoms with van der Waals surface area (Å²) in [7, 11) is 0.